The van der Waals surface area contributed by atoms with E-state index in [4.69, 9.17) is 0 Å². The molecular weight excluding hydrogens is 421 g/mol. The van der Waals surface area contributed by atoms with Gasteiger partial charge >= 0.3 is 5.69 Å². The number of H-pyrrole nitrogens is 2. The van der Waals surface area contributed by atoms with Gasteiger partial charge in [0.25, 0.3) is 0 Å². The Labute approximate surface area is 189 Å². The van der Waals surface area contributed by atoms with E-state index >= 15 is 4.39 Å². The second kappa shape index (κ2) is 7.72. The lowest BCUT2D eigenvalue weighted by molar-refractivity contribution is -0.131. The number of carbonyl (C=O) groups excluding carboxylic acids is 1. The third-order valence-electron chi connectivity index (χ3n) is 6.82. The van der Waals surface area contributed by atoms with Crippen LogP contribution in [0.5, 0.6) is 0 Å². The summed E-state index contributed by atoms with van der Waals surface area (Å²) < 4.78 is 16.7. The van der Waals surface area contributed by atoms with Gasteiger partial charge in [-0.25, -0.2) is 14.3 Å². The summed E-state index contributed by atoms with van der Waals surface area (Å²) in [5.41, 5.74) is 2.56. The van der Waals surface area contributed by atoms with Crippen LogP contribution in [0.2, 0.25) is 0 Å². The van der Waals surface area contributed by atoms with Crippen LogP contribution in [0.15, 0.2) is 53.5 Å². The number of rotatable bonds is 5. The molecule has 1 amide bonds. The van der Waals surface area contributed by atoms with Gasteiger partial charge in [0.15, 0.2) is 5.82 Å². The molecule has 6 rings (SSSR count). The van der Waals surface area contributed by atoms with Gasteiger partial charge in [0.1, 0.15) is 5.82 Å². The largest absolute Gasteiger partial charge is 0.361 e. The van der Waals surface area contributed by atoms with E-state index in [9.17, 15) is 9.59 Å². The molecule has 0 unspecified atom stereocenters. The van der Waals surface area contributed by atoms with E-state index in [0.717, 1.165) is 47.8 Å². The van der Waals surface area contributed by atoms with Gasteiger partial charge < -0.3 is 9.88 Å². The number of nitrogens with one attached hydrogen (secondary N) is 2. The molecule has 0 radical (unpaired) electrons. The van der Waals surface area contributed by atoms with Crippen LogP contribution in [0.25, 0.3) is 33.4 Å². The van der Waals surface area contributed by atoms with Crippen LogP contribution in [-0.4, -0.2) is 43.6 Å². The van der Waals surface area contributed by atoms with Crippen molar-refractivity contribution in [1.29, 1.82) is 0 Å². The maximum absolute atomic E-state index is 15.2. The normalized spacial score (nSPS) is 18.3. The minimum Gasteiger partial charge on any atom is -0.361 e. The van der Waals surface area contributed by atoms with Crippen LogP contribution in [0.1, 0.15) is 19.3 Å². The first kappa shape index (κ1) is 20.0. The summed E-state index contributed by atoms with van der Waals surface area (Å²) in [4.78, 5) is 29.9. The number of amides is 1. The second-order valence-electron chi connectivity index (χ2n) is 9.15. The first-order valence-corrected chi connectivity index (χ1v) is 11.4. The summed E-state index contributed by atoms with van der Waals surface area (Å²) in [5, 5.41) is 7.68. The number of carbonyl (C=O) groups is 1. The van der Waals surface area contributed by atoms with Gasteiger partial charge in [-0.05, 0) is 66.0 Å². The molecule has 2 aromatic carbocycles. The lowest BCUT2D eigenvalue weighted by atomic mass is 10.0. The third-order valence-corrected chi connectivity index (χ3v) is 6.82. The molecule has 1 saturated heterocycles. The van der Waals surface area contributed by atoms with Crippen LogP contribution in [0, 0.1) is 17.7 Å². The van der Waals surface area contributed by atoms with E-state index in [0.29, 0.717) is 13.1 Å². The summed E-state index contributed by atoms with van der Waals surface area (Å²) in [7, 11) is 0. The highest BCUT2D eigenvalue weighted by Crippen LogP contribution is 2.33. The van der Waals surface area contributed by atoms with Crippen molar-refractivity contribution in [2.75, 3.05) is 13.1 Å². The van der Waals surface area contributed by atoms with Crippen molar-refractivity contribution >= 4 is 16.8 Å². The number of hydrogen-bond donors (Lipinski definition) is 2. The molecule has 168 valence electrons. The number of fused-ring (bicyclic) bond motifs is 1. The summed E-state index contributed by atoms with van der Waals surface area (Å²) in [5.74, 6) is 0.432. The molecule has 8 heteroatoms. The van der Waals surface area contributed by atoms with Crippen LogP contribution in [0.3, 0.4) is 0 Å². The molecule has 0 spiro atoms. The molecule has 0 bridgehead atoms. The average Bonchev–Trinajstić information content (AvgIpc) is 3.21. The molecule has 1 aliphatic heterocycles. The van der Waals surface area contributed by atoms with E-state index in [2.05, 4.69) is 15.2 Å². The smallest absolute Gasteiger partial charge is 0.343 e. The Morgan fingerprint density at radius 2 is 1.91 bits per heavy atom. The molecular formula is C25H24FN5O2. The number of likely N-dealkylation sites (tertiary alicyclic amines) is 1. The number of aromatic amines is 2. The quantitative estimate of drug-likeness (QED) is 0.490. The first-order chi connectivity index (χ1) is 16.1. The van der Waals surface area contributed by atoms with Crippen molar-refractivity contribution in [1.82, 2.24) is 24.6 Å². The Hall–Kier alpha value is -3.68. The summed E-state index contributed by atoms with van der Waals surface area (Å²) >= 11 is 0. The molecule has 2 N–H and O–H groups in total. The van der Waals surface area contributed by atoms with Crippen LogP contribution >= 0.6 is 0 Å². The van der Waals surface area contributed by atoms with Crippen molar-refractivity contribution in [3.63, 3.8) is 0 Å². The lowest BCUT2D eigenvalue weighted by Gasteiger charge is -2.16. The minimum absolute atomic E-state index is 0.150. The van der Waals surface area contributed by atoms with Crippen LogP contribution in [-0.2, 0) is 11.3 Å². The van der Waals surface area contributed by atoms with Crippen molar-refractivity contribution < 1.29 is 9.18 Å². The maximum Gasteiger partial charge on any atom is 0.343 e. The molecule has 7 nitrogen and oxygen atoms in total. The Kier molecular flexibility index (Phi) is 4.67. The van der Waals surface area contributed by atoms with Crippen molar-refractivity contribution in [2.45, 2.75) is 25.8 Å². The molecule has 3 heterocycles. The SMILES string of the molecule is O=C(C1CC1)N1CC[C@@H](Cn2c(-c3ccc(-c4ccc5cc[nH]c5c4)cc3F)n[nH]c2=O)C1. The zero-order valence-electron chi connectivity index (χ0n) is 18.1. The first-order valence-electron chi connectivity index (χ1n) is 11.4. The Morgan fingerprint density at radius 3 is 2.73 bits per heavy atom. The molecule has 2 fully saturated rings. The lowest BCUT2D eigenvalue weighted by Crippen LogP contribution is -2.31. The van der Waals surface area contributed by atoms with E-state index in [-0.39, 0.29) is 34.8 Å². The highest BCUT2D eigenvalue weighted by Gasteiger charge is 2.37. The number of halogens is 1. The number of hydrogen-bond acceptors (Lipinski definition) is 3. The van der Waals surface area contributed by atoms with Crippen molar-refractivity contribution in [3.05, 3.63) is 65.0 Å². The fraction of sp³-hybridized carbons (Fsp3) is 0.320. The minimum atomic E-state index is -0.434. The molecule has 2 aromatic heterocycles. The summed E-state index contributed by atoms with van der Waals surface area (Å²) in [6.45, 7) is 1.76. The van der Waals surface area contributed by atoms with E-state index in [1.165, 1.54) is 10.6 Å². The summed E-state index contributed by atoms with van der Waals surface area (Å²) in [6.07, 6.45) is 4.68. The van der Waals surface area contributed by atoms with Crippen molar-refractivity contribution in [2.24, 2.45) is 11.8 Å². The molecule has 1 atom stereocenters. The van der Waals surface area contributed by atoms with Gasteiger partial charge in [-0.2, -0.15) is 5.10 Å². The maximum atomic E-state index is 15.2. The average molecular weight is 445 g/mol. The zero-order chi connectivity index (χ0) is 22.5. The predicted octanol–water partition coefficient (Wildman–Crippen LogP) is 3.78. The highest BCUT2D eigenvalue weighted by atomic mass is 19.1. The fourth-order valence-corrected chi connectivity index (χ4v) is 4.82. The standard InChI is InChI=1S/C25H24FN5O2/c26-21-11-18(19-4-1-16-7-9-27-22(16)12-19)5-6-20(21)23-28-29-25(33)31(23)14-15-8-10-30(13-15)24(32)17-2-3-17/h1,4-7,9,11-12,15,17,27H,2-3,8,10,13-14H2,(H,29,33)/t15-/m1/s1. The van der Waals surface area contributed by atoms with Crippen LogP contribution < -0.4 is 5.69 Å². The zero-order valence-corrected chi connectivity index (χ0v) is 18.1. The monoisotopic (exact) mass is 445 g/mol. The fourth-order valence-electron chi connectivity index (χ4n) is 4.82. The van der Waals surface area contributed by atoms with Gasteiger partial charge in [0, 0.05) is 37.3 Å². The van der Waals surface area contributed by atoms with Crippen LogP contribution in [0.4, 0.5) is 4.39 Å². The number of benzene rings is 2. The van der Waals surface area contributed by atoms with E-state index in [1.54, 1.807) is 6.07 Å². The van der Waals surface area contributed by atoms with Gasteiger partial charge in [-0.1, -0.05) is 18.2 Å². The van der Waals surface area contributed by atoms with Gasteiger partial charge in [-0.15, -0.1) is 0 Å². The van der Waals surface area contributed by atoms with Crippen molar-refractivity contribution in [3.8, 4) is 22.5 Å². The number of nitrogens with zero attached hydrogens (tertiary/aromatic N) is 3. The van der Waals surface area contributed by atoms with Gasteiger partial charge in [0.05, 0.1) is 5.56 Å². The Balaban J connectivity index is 1.25. The molecule has 1 saturated carbocycles. The van der Waals surface area contributed by atoms with Gasteiger partial charge in [0.2, 0.25) is 5.91 Å². The molecule has 4 aromatic rings. The Morgan fingerprint density at radius 1 is 1.09 bits per heavy atom. The molecule has 1 aliphatic carbocycles. The molecule has 2 aliphatic rings. The topological polar surface area (TPSA) is 86.8 Å². The second-order valence-corrected chi connectivity index (χ2v) is 9.15. The highest BCUT2D eigenvalue weighted by molar-refractivity contribution is 5.85. The Bertz CT molecular complexity index is 1410. The van der Waals surface area contributed by atoms with Gasteiger partial charge in [-0.3, -0.25) is 9.36 Å². The summed E-state index contributed by atoms with van der Waals surface area (Å²) in [6, 6.07) is 12.9. The number of aromatic nitrogens is 4. The molecule has 33 heavy (non-hydrogen) atoms. The predicted molar refractivity (Wildman–Crippen MR) is 123 cm³/mol. The van der Waals surface area contributed by atoms with E-state index in [1.807, 2.05) is 41.4 Å². The third kappa shape index (κ3) is 3.65. The van der Waals surface area contributed by atoms with E-state index < -0.39 is 5.82 Å².